The SMILES string of the molecule is CC(C)(C)CC(=O)N(Cc1cccc(F)c1)C1CC1. The fourth-order valence-corrected chi connectivity index (χ4v) is 2.19. The monoisotopic (exact) mass is 263 g/mol. The maximum absolute atomic E-state index is 13.2. The molecule has 1 aliphatic carbocycles. The second-order valence-corrected chi connectivity index (χ2v) is 6.62. The molecule has 0 heterocycles. The molecule has 0 N–H and O–H groups in total. The van der Waals surface area contributed by atoms with Crippen LogP contribution in [0.3, 0.4) is 0 Å². The Morgan fingerprint density at radius 2 is 2.05 bits per heavy atom. The molecule has 0 saturated heterocycles. The minimum absolute atomic E-state index is 0.00778. The van der Waals surface area contributed by atoms with Crippen molar-refractivity contribution in [3.05, 3.63) is 35.6 Å². The lowest BCUT2D eigenvalue weighted by atomic mass is 9.91. The number of benzene rings is 1. The zero-order valence-electron chi connectivity index (χ0n) is 11.9. The van der Waals surface area contributed by atoms with E-state index in [-0.39, 0.29) is 17.1 Å². The van der Waals surface area contributed by atoms with Crippen LogP contribution < -0.4 is 0 Å². The van der Waals surface area contributed by atoms with Gasteiger partial charge in [0.15, 0.2) is 0 Å². The molecular weight excluding hydrogens is 241 g/mol. The van der Waals surface area contributed by atoms with Gasteiger partial charge in [-0.25, -0.2) is 4.39 Å². The molecule has 3 heteroatoms. The third-order valence-corrected chi connectivity index (χ3v) is 3.23. The van der Waals surface area contributed by atoms with E-state index in [0.29, 0.717) is 19.0 Å². The van der Waals surface area contributed by atoms with Crippen molar-refractivity contribution >= 4 is 5.91 Å². The lowest BCUT2D eigenvalue weighted by molar-refractivity contribution is -0.134. The van der Waals surface area contributed by atoms with Gasteiger partial charge in [0.05, 0.1) is 0 Å². The van der Waals surface area contributed by atoms with Gasteiger partial charge in [-0.1, -0.05) is 32.9 Å². The van der Waals surface area contributed by atoms with Crippen LogP contribution in [0.25, 0.3) is 0 Å². The number of amides is 1. The van der Waals surface area contributed by atoms with Gasteiger partial charge in [0.2, 0.25) is 5.91 Å². The van der Waals surface area contributed by atoms with Gasteiger partial charge in [-0.2, -0.15) is 0 Å². The average molecular weight is 263 g/mol. The van der Waals surface area contributed by atoms with E-state index in [1.54, 1.807) is 6.07 Å². The second-order valence-electron chi connectivity index (χ2n) is 6.62. The standard InChI is InChI=1S/C16H22FNO/c1-16(2,3)10-15(19)18(14-7-8-14)11-12-5-4-6-13(17)9-12/h4-6,9,14H,7-8,10-11H2,1-3H3. The predicted octanol–water partition coefficient (Wildman–Crippen LogP) is 3.75. The molecular formula is C16H22FNO. The van der Waals surface area contributed by atoms with Crippen LogP contribution in [0.4, 0.5) is 4.39 Å². The molecule has 1 aliphatic rings. The summed E-state index contributed by atoms with van der Waals surface area (Å²) >= 11 is 0. The van der Waals surface area contributed by atoms with E-state index in [9.17, 15) is 9.18 Å². The molecule has 1 amide bonds. The first-order chi connectivity index (χ1) is 8.85. The zero-order valence-corrected chi connectivity index (χ0v) is 11.9. The maximum Gasteiger partial charge on any atom is 0.223 e. The zero-order chi connectivity index (χ0) is 14.0. The van der Waals surface area contributed by atoms with Crippen molar-refractivity contribution in [2.45, 2.75) is 52.6 Å². The minimum atomic E-state index is -0.239. The first-order valence-electron chi connectivity index (χ1n) is 6.89. The van der Waals surface area contributed by atoms with Gasteiger partial charge in [0, 0.05) is 19.0 Å². The summed E-state index contributed by atoms with van der Waals surface area (Å²) in [5.74, 6) is -0.0595. The van der Waals surface area contributed by atoms with Gasteiger partial charge >= 0.3 is 0 Å². The van der Waals surface area contributed by atoms with Gasteiger partial charge in [0.25, 0.3) is 0 Å². The summed E-state index contributed by atoms with van der Waals surface area (Å²) < 4.78 is 13.2. The first kappa shape index (κ1) is 14.0. The quantitative estimate of drug-likeness (QED) is 0.810. The van der Waals surface area contributed by atoms with Crippen LogP contribution in [0, 0.1) is 11.2 Å². The fraction of sp³-hybridized carbons (Fsp3) is 0.562. The molecule has 1 saturated carbocycles. The van der Waals surface area contributed by atoms with Gasteiger partial charge in [-0.05, 0) is 36.0 Å². The Morgan fingerprint density at radius 3 is 2.58 bits per heavy atom. The summed E-state index contributed by atoms with van der Waals surface area (Å²) in [4.78, 5) is 14.3. The molecule has 1 aromatic carbocycles. The Hall–Kier alpha value is -1.38. The van der Waals surface area contributed by atoms with Crippen LogP contribution in [-0.2, 0) is 11.3 Å². The molecule has 19 heavy (non-hydrogen) atoms. The number of carbonyl (C=O) groups is 1. The normalized spacial score (nSPS) is 15.4. The highest BCUT2D eigenvalue weighted by Crippen LogP contribution is 2.31. The summed E-state index contributed by atoms with van der Waals surface area (Å²) in [7, 11) is 0. The summed E-state index contributed by atoms with van der Waals surface area (Å²) in [6.45, 7) is 6.73. The van der Waals surface area contributed by atoms with Gasteiger partial charge in [0.1, 0.15) is 5.82 Å². The molecule has 0 unspecified atom stereocenters. The first-order valence-corrected chi connectivity index (χ1v) is 6.89. The average Bonchev–Trinajstić information content (AvgIpc) is 3.07. The fourth-order valence-electron chi connectivity index (χ4n) is 2.19. The molecule has 0 atom stereocenters. The number of rotatable bonds is 4. The summed E-state index contributed by atoms with van der Waals surface area (Å²) in [5.41, 5.74) is 0.862. The molecule has 104 valence electrons. The third-order valence-electron chi connectivity index (χ3n) is 3.23. The molecule has 0 radical (unpaired) electrons. The van der Waals surface area contributed by atoms with Gasteiger partial charge < -0.3 is 4.90 Å². The van der Waals surface area contributed by atoms with Crippen LogP contribution in [-0.4, -0.2) is 16.8 Å². The Morgan fingerprint density at radius 1 is 1.37 bits per heavy atom. The topological polar surface area (TPSA) is 20.3 Å². The Labute approximate surface area is 114 Å². The number of hydrogen-bond acceptors (Lipinski definition) is 1. The van der Waals surface area contributed by atoms with Crippen molar-refractivity contribution in [1.29, 1.82) is 0 Å². The van der Waals surface area contributed by atoms with E-state index in [4.69, 9.17) is 0 Å². The predicted molar refractivity (Wildman–Crippen MR) is 74.0 cm³/mol. The minimum Gasteiger partial charge on any atom is -0.335 e. The summed E-state index contributed by atoms with van der Waals surface area (Å²) in [6, 6.07) is 6.88. The van der Waals surface area contributed by atoms with Crippen molar-refractivity contribution in [3.8, 4) is 0 Å². The molecule has 0 aromatic heterocycles. The van der Waals surface area contributed by atoms with Crippen LogP contribution in [0.15, 0.2) is 24.3 Å². The van der Waals surface area contributed by atoms with Crippen LogP contribution >= 0.6 is 0 Å². The molecule has 0 aliphatic heterocycles. The smallest absolute Gasteiger partial charge is 0.223 e. The Bertz CT molecular complexity index is 460. The molecule has 0 bridgehead atoms. The lowest BCUT2D eigenvalue weighted by Crippen LogP contribution is -2.34. The number of carbonyl (C=O) groups excluding carboxylic acids is 1. The molecule has 2 nitrogen and oxygen atoms in total. The van der Waals surface area contributed by atoms with E-state index in [1.807, 2.05) is 11.0 Å². The number of halogens is 1. The second kappa shape index (κ2) is 5.32. The van der Waals surface area contributed by atoms with Crippen LogP contribution in [0.1, 0.15) is 45.6 Å². The van der Waals surface area contributed by atoms with Crippen LogP contribution in [0.2, 0.25) is 0 Å². The Balaban J connectivity index is 2.06. The molecule has 0 spiro atoms. The van der Waals surface area contributed by atoms with Crippen molar-refractivity contribution in [3.63, 3.8) is 0 Å². The number of hydrogen-bond donors (Lipinski definition) is 0. The molecule has 2 rings (SSSR count). The van der Waals surface area contributed by atoms with E-state index in [2.05, 4.69) is 20.8 Å². The van der Waals surface area contributed by atoms with E-state index >= 15 is 0 Å². The van der Waals surface area contributed by atoms with Crippen molar-refractivity contribution in [2.24, 2.45) is 5.41 Å². The third kappa shape index (κ3) is 4.34. The van der Waals surface area contributed by atoms with E-state index < -0.39 is 0 Å². The summed E-state index contributed by atoms with van der Waals surface area (Å²) in [6.07, 6.45) is 2.69. The largest absolute Gasteiger partial charge is 0.335 e. The maximum atomic E-state index is 13.2. The van der Waals surface area contributed by atoms with E-state index in [0.717, 1.165) is 18.4 Å². The molecule has 1 aromatic rings. The van der Waals surface area contributed by atoms with Gasteiger partial charge in [-0.3, -0.25) is 4.79 Å². The highest BCUT2D eigenvalue weighted by molar-refractivity contribution is 5.77. The highest BCUT2D eigenvalue weighted by atomic mass is 19.1. The van der Waals surface area contributed by atoms with Crippen molar-refractivity contribution in [1.82, 2.24) is 4.90 Å². The lowest BCUT2D eigenvalue weighted by Gasteiger charge is -2.27. The van der Waals surface area contributed by atoms with Crippen LogP contribution in [0.5, 0.6) is 0 Å². The van der Waals surface area contributed by atoms with Crippen molar-refractivity contribution in [2.75, 3.05) is 0 Å². The highest BCUT2D eigenvalue weighted by Gasteiger charge is 2.33. The molecule has 1 fully saturated rings. The van der Waals surface area contributed by atoms with E-state index in [1.165, 1.54) is 12.1 Å². The Kier molecular flexibility index (Phi) is 3.93. The van der Waals surface area contributed by atoms with Crippen molar-refractivity contribution < 1.29 is 9.18 Å². The number of nitrogens with zero attached hydrogens (tertiary/aromatic N) is 1. The van der Waals surface area contributed by atoms with Gasteiger partial charge in [-0.15, -0.1) is 0 Å². The summed E-state index contributed by atoms with van der Waals surface area (Å²) in [5, 5.41) is 0.